The molecule has 100 valence electrons. The fourth-order valence-corrected chi connectivity index (χ4v) is 1.82. The number of benzene rings is 1. The summed E-state index contributed by atoms with van der Waals surface area (Å²) >= 11 is 0. The van der Waals surface area contributed by atoms with Crippen molar-refractivity contribution in [2.24, 2.45) is 0 Å². The molecule has 0 aliphatic carbocycles. The molecule has 0 aliphatic heterocycles. The van der Waals surface area contributed by atoms with Gasteiger partial charge in [0.05, 0.1) is 6.10 Å². The molecular weight excluding hydrogens is 233 g/mol. The molecule has 0 radical (unpaired) electrons. The number of amides is 1. The van der Waals surface area contributed by atoms with Gasteiger partial charge in [-0.05, 0) is 43.5 Å². The van der Waals surface area contributed by atoms with Crippen molar-refractivity contribution in [2.75, 3.05) is 6.54 Å². The van der Waals surface area contributed by atoms with Crippen LogP contribution in [0.3, 0.4) is 0 Å². The van der Waals surface area contributed by atoms with Crippen molar-refractivity contribution in [1.29, 1.82) is 0 Å². The molecule has 1 amide bonds. The van der Waals surface area contributed by atoms with E-state index < -0.39 is 6.10 Å². The third-order valence-electron chi connectivity index (χ3n) is 2.82. The van der Waals surface area contributed by atoms with E-state index in [2.05, 4.69) is 5.32 Å². The summed E-state index contributed by atoms with van der Waals surface area (Å²) in [6.07, 6.45) is 0.995. The smallest absolute Gasteiger partial charge is 0.251 e. The Morgan fingerprint density at radius 1 is 1.39 bits per heavy atom. The van der Waals surface area contributed by atoms with Gasteiger partial charge in [-0.15, -0.1) is 0 Å². The van der Waals surface area contributed by atoms with E-state index in [-0.39, 0.29) is 18.3 Å². The first-order valence-corrected chi connectivity index (χ1v) is 6.18. The zero-order chi connectivity index (χ0) is 13.7. The van der Waals surface area contributed by atoms with Crippen LogP contribution < -0.4 is 5.32 Å². The molecule has 3 nitrogen and oxygen atoms in total. The minimum absolute atomic E-state index is 0.224. The van der Waals surface area contributed by atoms with Gasteiger partial charge in [-0.1, -0.05) is 13.3 Å². The minimum Gasteiger partial charge on any atom is -0.391 e. The van der Waals surface area contributed by atoms with E-state index in [1.807, 2.05) is 6.92 Å². The molecule has 1 atom stereocenters. The summed E-state index contributed by atoms with van der Waals surface area (Å²) in [5, 5.41) is 12.2. The van der Waals surface area contributed by atoms with Gasteiger partial charge < -0.3 is 10.4 Å². The Bertz CT molecular complexity index is 409. The molecule has 0 aliphatic rings. The third-order valence-corrected chi connectivity index (χ3v) is 2.82. The van der Waals surface area contributed by atoms with Gasteiger partial charge in [0.1, 0.15) is 5.82 Å². The lowest BCUT2D eigenvalue weighted by Crippen LogP contribution is -2.32. The maximum atomic E-state index is 13.4. The Kier molecular flexibility index (Phi) is 5.28. The Morgan fingerprint density at radius 3 is 2.44 bits per heavy atom. The number of aliphatic hydroxyl groups excluding tert-OH is 1. The van der Waals surface area contributed by atoms with Crippen LogP contribution in [-0.2, 0) is 0 Å². The van der Waals surface area contributed by atoms with Gasteiger partial charge in [0.25, 0.3) is 5.91 Å². The fourth-order valence-electron chi connectivity index (χ4n) is 1.82. The van der Waals surface area contributed by atoms with Crippen LogP contribution in [0, 0.1) is 19.7 Å². The van der Waals surface area contributed by atoms with Crippen molar-refractivity contribution in [1.82, 2.24) is 5.32 Å². The number of aryl methyl sites for hydroxylation is 2. The Balaban J connectivity index is 2.67. The number of aliphatic hydroxyl groups is 1. The average Bonchev–Trinajstić information content (AvgIpc) is 2.32. The first-order chi connectivity index (χ1) is 8.45. The molecule has 0 saturated carbocycles. The van der Waals surface area contributed by atoms with Crippen LogP contribution in [0.2, 0.25) is 0 Å². The monoisotopic (exact) mass is 253 g/mol. The van der Waals surface area contributed by atoms with Crippen LogP contribution in [0.25, 0.3) is 0 Å². The highest BCUT2D eigenvalue weighted by molar-refractivity contribution is 5.94. The summed E-state index contributed by atoms with van der Waals surface area (Å²) < 4.78 is 13.4. The second kappa shape index (κ2) is 6.50. The number of hydrogen-bond acceptors (Lipinski definition) is 2. The maximum absolute atomic E-state index is 13.4. The standard InChI is InChI=1S/C14H20FNO2/c1-4-5-12(17)8-16-14(18)11-6-9(2)13(15)10(3)7-11/h6-7,12,17H,4-5,8H2,1-3H3,(H,16,18). The van der Waals surface area contributed by atoms with Gasteiger partial charge in [-0.3, -0.25) is 4.79 Å². The zero-order valence-electron chi connectivity index (χ0n) is 11.1. The summed E-state index contributed by atoms with van der Waals surface area (Å²) in [7, 11) is 0. The van der Waals surface area contributed by atoms with Crippen LogP contribution in [0.1, 0.15) is 41.3 Å². The molecular formula is C14H20FNO2. The molecule has 4 heteroatoms. The van der Waals surface area contributed by atoms with Crippen LogP contribution in [-0.4, -0.2) is 23.7 Å². The predicted octanol–water partition coefficient (Wildman–Crippen LogP) is 2.33. The molecule has 2 N–H and O–H groups in total. The van der Waals surface area contributed by atoms with E-state index in [9.17, 15) is 14.3 Å². The predicted molar refractivity (Wildman–Crippen MR) is 69.1 cm³/mol. The van der Waals surface area contributed by atoms with Crippen molar-refractivity contribution in [3.63, 3.8) is 0 Å². The first-order valence-electron chi connectivity index (χ1n) is 6.18. The van der Waals surface area contributed by atoms with Crippen LogP contribution in [0.4, 0.5) is 4.39 Å². The summed E-state index contributed by atoms with van der Waals surface area (Å²) in [6.45, 7) is 5.45. The SMILES string of the molecule is CCCC(O)CNC(=O)c1cc(C)c(F)c(C)c1. The molecule has 1 rings (SSSR count). The maximum Gasteiger partial charge on any atom is 0.251 e. The van der Waals surface area contributed by atoms with Crippen LogP contribution in [0.15, 0.2) is 12.1 Å². The molecule has 1 unspecified atom stereocenters. The van der Waals surface area contributed by atoms with E-state index in [0.29, 0.717) is 23.1 Å². The average molecular weight is 253 g/mol. The number of halogens is 1. The third kappa shape index (κ3) is 3.81. The topological polar surface area (TPSA) is 49.3 Å². The zero-order valence-corrected chi connectivity index (χ0v) is 11.1. The molecule has 0 saturated heterocycles. The molecule has 0 aromatic heterocycles. The molecule has 1 aromatic rings. The second-order valence-electron chi connectivity index (χ2n) is 4.58. The van der Waals surface area contributed by atoms with E-state index in [1.165, 1.54) is 12.1 Å². The van der Waals surface area contributed by atoms with E-state index in [4.69, 9.17) is 0 Å². The lowest BCUT2D eigenvalue weighted by Gasteiger charge is -2.11. The van der Waals surface area contributed by atoms with Gasteiger partial charge in [0, 0.05) is 12.1 Å². The largest absolute Gasteiger partial charge is 0.391 e. The quantitative estimate of drug-likeness (QED) is 0.846. The van der Waals surface area contributed by atoms with Crippen LogP contribution in [0.5, 0.6) is 0 Å². The number of carbonyl (C=O) groups is 1. The number of carbonyl (C=O) groups excluding carboxylic acids is 1. The van der Waals surface area contributed by atoms with Crippen molar-refractivity contribution >= 4 is 5.91 Å². The second-order valence-corrected chi connectivity index (χ2v) is 4.58. The molecule has 0 spiro atoms. The van der Waals surface area contributed by atoms with Gasteiger partial charge in [0.15, 0.2) is 0 Å². The lowest BCUT2D eigenvalue weighted by molar-refractivity contribution is 0.0910. The van der Waals surface area contributed by atoms with Gasteiger partial charge in [-0.25, -0.2) is 4.39 Å². The Labute approximate surface area is 107 Å². The fraction of sp³-hybridized carbons (Fsp3) is 0.500. The molecule has 0 bridgehead atoms. The normalized spacial score (nSPS) is 12.3. The molecule has 18 heavy (non-hydrogen) atoms. The molecule has 0 fully saturated rings. The Hall–Kier alpha value is -1.42. The van der Waals surface area contributed by atoms with E-state index in [1.54, 1.807) is 13.8 Å². The summed E-state index contributed by atoms with van der Waals surface area (Å²) in [4.78, 5) is 11.8. The van der Waals surface area contributed by atoms with Crippen molar-refractivity contribution in [3.8, 4) is 0 Å². The number of nitrogens with one attached hydrogen (secondary N) is 1. The van der Waals surface area contributed by atoms with Gasteiger partial charge >= 0.3 is 0 Å². The lowest BCUT2D eigenvalue weighted by atomic mass is 10.1. The summed E-state index contributed by atoms with van der Waals surface area (Å²) in [5.74, 6) is -0.561. The van der Waals surface area contributed by atoms with Crippen molar-refractivity contribution in [3.05, 3.63) is 34.6 Å². The summed E-state index contributed by atoms with van der Waals surface area (Å²) in [6, 6.07) is 3.04. The van der Waals surface area contributed by atoms with Crippen molar-refractivity contribution in [2.45, 2.75) is 39.7 Å². The van der Waals surface area contributed by atoms with Gasteiger partial charge in [-0.2, -0.15) is 0 Å². The van der Waals surface area contributed by atoms with Gasteiger partial charge in [0.2, 0.25) is 0 Å². The minimum atomic E-state index is -0.526. The van der Waals surface area contributed by atoms with Crippen molar-refractivity contribution < 1.29 is 14.3 Å². The van der Waals surface area contributed by atoms with E-state index >= 15 is 0 Å². The highest BCUT2D eigenvalue weighted by Gasteiger charge is 2.11. The van der Waals surface area contributed by atoms with E-state index in [0.717, 1.165) is 6.42 Å². The molecule has 1 aromatic carbocycles. The number of hydrogen-bond donors (Lipinski definition) is 2. The van der Waals surface area contributed by atoms with Crippen LogP contribution >= 0.6 is 0 Å². The Morgan fingerprint density at radius 2 is 1.94 bits per heavy atom. The number of rotatable bonds is 5. The first kappa shape index (κ1) is 14.6. The highest BCUT2D eigenvalue weighted by atomic mass is 19.1. The molecule has 0 heterocycles. The highest BCUT2D eigenvalue weighted by Crippen LogP contribution is 2.14. The summed E-state index contributed by atoms with van der Waals surface area (Å²) in [5.41, 5.74) is 1.33.